The summed E-state index contributed by atoms with van der Waals surface area (Å²) in [5, 5.41) is 6.92. The third kappa shape index (κ3) is 3.72. The lowest BCUT2D eigenvalue weighted by atomic mass is 10.1. The molecule has 2 aromatic heterocycles. The average Bonchev–Trinajstić information content (AvgIpc) is 2.99. The van der Waals surface area contributed by atoms with Crippen LogP contribution in [0.4, 0.5) is 5.82 Å². The van der Waals surface area contributed by atoms with E-state index in [2.05, 4.69) is 15.5 Å². The van der Waals surface area contributed by atoms with Crippen LogP contribution in [0.15, 0.2) is 34.9 Å². The fourth-order valence-electron chi connectivity index (χ4n) is 2.57. The zero-order chi connectivity index (χ0) is 18.8. The van der Waals surface area contributed by atoms with Crippen LogP contribution in [0.1, 0.15) is 34.3 Å². The Bertz CT molecular complexity index is 994. The monoisotopic (exact) mass is 353 g/mol. The molecule has 3 rings (SSSR count). The second-order valence-electron chi connectivity index (χ2n) is 6.19. The van der Waals surface area contributed by atoms with Crippen molar-refractivity contribution in [2.24, 2.45) is 0 Å². The second kappa shape index (κ2) is 6.95. The maximum atomic E-state index is 12.6. The van der Waals surface area contributed by atoms with Gasteiger partial charge in [0.25, 0.3) is 5.91 Å². The number of pyridine rings is 1. The van der Waals surface area contributed by atoms with E-state index in [1.54, 1.807) is 26.0 Å². The Labute approximate surface area is 150 Å². The number of nitrogens with one attached hydrogen (secondary N) is 1. The molecule has 2 heterocycles. The molecule has 0 aliphatic rings. The second-order valence-corrected chi connectivity index (χ2v) is 6.19. The normalized spacial score (nSPS) is 12.0. The molecule has 1 N–H and O–H groups in total. The molecule has 3 aromatic rings. The van der Waals surface area contributed by atoms with Gasteiger partial charge in [-0.25, -0.2) is 4.79 Å². The number of rotatable bonds is 4. The fraction of sp³-hybridized carbons (Fsp3) is 0.263. The number of hydrogen-bond donors (Lipinski definition) is 1. The van der Waals surface area contributed by atoms with E-state index in [4.69, 9.17) is 9.26 Å². The van der Waals surface area contributed by atoms with Crippen molar-refractivity contribution in [1.29, 1.82) is 0 Å². The first-order valence-corrected chi connectivity index (χ1v) is 8.16. The van der Waals surface area contributed by atoms with Gasteiger partial charge in [-0.15, -0.1) is 0 Å². The molecule has 0 radical (unpaired) electrons. The highest BCUT2D eigenvalue weighted by Crippen LogP contribution is 2.21. The number of carbonyl (C=O) groups excluding carboxylic acids is 2. The minimum absolute atomic E-state index is 0.274. The fourth-order valence-corrected chi connectivity index (χ4v) is 2.57. The van der Waals surface area contributed by atoms with Gasteiger partial charge in [0, 0.05) is 17.1 Å². The summed E-state index contributed by atoms with van der Waals surface area (Å²) < 4.78 is 10.2. The van der Waals surface area contributed by atoms with Gasteiger partial charge in [-0.05, 0) is 45.9 Å². The number of aromatic nitrogens is 2. The molecule has 0 aliphatic heterocycles. The van der Waals surface area contributed by atoms with Gasteiger partial charge < -0.3 is 14.6 Å². The molecule has 0 spiro atoms. The molecule has 7 heteroatoms. The lowest BCUT2D eigenvalue weighted by Gasteiger charge is -2.14. The van der Waals surface area contributed by atoms with Gasteiger partial charge in [0.05, 0.1) is 11.1 Å². The topological polar surface area (TPSA) is 94.3 Å². The predicted octanol–water partition coefficient (Wildman–Crippen LogP) is 3.33. The number of anilines is 1. The van der Waals surface area contributed by atoms with E-state index in [1.165, 1.54) is 6.92 Å². The number of hydrogen-bond acceptors (Lipinski definition) is 6. The molecule has 0 saturated heterocycles. The SMILES string of the molecule is Cc1ccc2nc(C)cc(C(=O)O[C@@H](C)C(=O)Nc3cc(C)on3)c2c1. The summed E-state index contributed by atoms with van der Waals surface area (Å²) >= 11 is 0. The van der Waals surface area contributed by atoms with Crippen LogP contribution in [0.5, 0.6) is 0 Å². The minimum atomic E-state index is -0.993. The first-order valence-electron chi connectivity index (χ1n) is 8.16. The van der Waals surface area contributed by atoms with Crippen LogP contribution in [-0.4, -0.2) is 28.1 Å². The van der Waals surface area contributed by atoms with E-state index in [1.807, 2.05) is 25.1 Å². The van der Waals surface area contributed by atoms with Crippen molar-refractivity contribution in [3.05, 3.63) is 52.9 Å². The molecule has 1 atom stereocenters. The highest BCUT2D eigenvalue weighted by atomic mass is 16.5. The lowest BCUT2D eigenvalue weighted by molar-refractivity contribution is -0.123. The summed E-state index contributed by atoms with van der Waals surface area (Å²) in [6, 6.07) is 8.91. The van der Waals surface area contributed by atoms with Crippen molar-refractivity contribution in [1.82, 2.24) is 10.1 Å². The van der Waals surface area contributed by atoms with Crippen molar-refractivity contribution in [3.63, 3.8) is 0 Å². The van der Waals surface area contributed by atoms with Gasteiger partial charge in [-0.1, -0.05) is 16.8 Å². The number of esters is 1. The molecular formula is C19H19N3O4. The van der Waals surface area contributed by atoms with E-state index < -0.39 is 18.0 Å². The van der Waals surface area contributed by atoms with Crippen molar-refractivity contribution in [2.75, 3.05) is 5.32 Å². The number of ether oxygens (including phenoxy) is 1. The van der Waals surface area contributed by atoms with E-state index in [0.717, 1.165) is 5.56 Å². The van der Waals surface area contributed by atoms with Crippen molar-refractivity contribution in [2.45, 2.75) is 33.8 Å². The standard InChI is InChI=1S/C19H19N3O4/c1-10-5-6-16-14(7-10)15(8-11(2)20-16)19(24)25-13(4)18(23)21-17-9-12(3)26-22-17/h5-9,13H,1-4H3,(H,21,22,23)/t13-/m0/s1. The van der Waals surface area contributed by atoms with Gasteiger partial charge in [0.1, 0.15) is 5.76 Å². The minimum Gasteiger partial charge on any atom is -0.449 e. The van der Waals surface area contributed by atoms with E-state index in [0.29, 0.717) is 27.9 Å². The molecule has 0 unspecified atom stereocenters. The van der Waals surface area contributed by atoms with E-state index in [-0.39, 0.29) is 5.82 Å². The zero-order valence-electron chi connectivity index (χ0n) is 15.0. The van der Waals surface area contributed by atoms with Crippen molar-refractivity contribution < 1.29 is 18.8 Å². The number of amides is 1. The van der Waals surface area contributed by atoms with E-state index >= 15 is 0 Å². The summed E-state index contributed by atoms with van der Waals surface area (Å²) in [6.07, 6.45) is -0.993. The van der Waals surface area contributed by atoms with E-state index in [9.17, 15) is 9.59 Å². The van der Waals surface area contributed by atoms with Gasteiger partial charge in [-0.3, -0.25) is 9.78 Å². The first kappa shape index (κ1) is 17.6. The van der Waals surface area contributed by atoms with Crippen molar-refractivity contribution in [3.8, 4) is 0 Å². The van der Waals surface area contributed by atoms with Crippen LogP contribution in [-0.2, 0) is 9.53 Å². The number of nitrogens with zero attached hydrogens (tertiary/aromatic N) is 2. The molecule has 26 heavy (non-hydrogen) atoms. The van der Waals surface area contributed by atoms with Crippen LogP contribution in [0.25, 0.3) is 10.9 Å². The molecule has 0 aliphatic carbocycles. The maximum absolute atomic E-state index is 12.6. The summed E-state index contributed by atoms with van der Waals surface area (Å²) in [4.78, 5) is 29.2. The van der Waals surface area contributed by atoms with Crippen molar-refractivity contribution >= 4 is 28.6 Å². The maximum Gasteiger partial charge on any atom is 0.339 e. The van der Waals surface area contributed by atoms with Crippen LogP contribution >= 0.6 is 0 Å². The van der Waals surface area contributed by atoms with Crippen LogP contribution < -0.4 is 5.32 Å². The molecular weight excluding hydrogens is 334 g/mol. The van der Waals surface area contributed by atoms with Gasteiger partial charge >= 0.3 is 5.97 Å². The molecule has 1 amide bonds. The van der Waals surface area contributed by atoms with Crippen LogP contribution in [0.2, 0.25) is 0 Å². The quantitative estimate of drug-likeness (QED) is 0.723. The Kier molecular flexibility index (Phi) is 4.71. The Morgan fingerprint density at radius 1 is 1.15 bits per heavy atom. The Balaban J connectivity index is 1.80. The Morgan fingerprint density at radius 3 is 2.62 bits per heavy atom. The molecule has 0 saturated carbocycles. The molecule has 0 fully saturated rings. The Morgan fingerprint density at radius 2 is 1.92 bits per heavy atom. The predicted molar refractivity (Wildman–Crippen MR) is 96.0 cm³/mol. The molecule has 0 bridgehead atoms. The Hall–Kier alpha value is -3.22. The summed E-state index contributed by atoms with van der Waals surface area (Å²) in [5.41, 5.74) is 2.79. The van der Waals surface area contributed by atoms with Gasteiger partial charge in [0.15, 0.2) is 11.9 Å². The van der Waals surface area contributed by atoms with Crippen LogP contribution in [0.3, 0.4) is 0 Å². The number of benzene rings is 1. The number of aryl methyl sites for hydroxylation is 3. The average molecular weight is 353 g/mol. The van der Waals surface area contributed by atoms with Gasteiger partial charge in [-0.2, -0.15) is 0 Å². The highest BCUT2D eigenvalue weighted by molar-refractivity contribution is 6.05. The van der Waals surface area contributed by atoms with Crippen LogP contribution in [0, 0.1) is 20.8 Å². The number of fused-ring (bicyclic) bond motifs is 1. The summed E-state index contributed by atoms with van der Waals surface area (Å²) in [6.45, 7) is 6.95. The highest BCUT2D eigenvalue weighted by Gasteiger charge is 2.22. The molecule has 134 valence electrons. The summed E-state index contributed by atoms with van der Waals surface area (Å²) in [5.74, 6) is -0.224. The third-order valence-corrected chi connectivity index (χ3v) is 3.84. The zero-order valence-corrected chi connectivity index (χ0v) is 15.0. The lowest BCUT2D eigenvalue weighted by Crippen LogP contribution is -2.30. The van der Waals surface area contributed by atoms with Gasteiger partial charge in [0.2, 0.25) is 0 Å². The first-order chi connectivity index (χ1) is 12.3. The third-order valence-electron chi connectivity index (χ3n) is 3.84. The molecule has 7 nitrogen and oxygen atoms in total. The largest absolute Gasteiger partial charge is 0.449 e. The summed E-state index contributed by atoms with van der Waals surface area (Å²) in [7, 11) is 0. The number of carbonyl (C=O) groups is 2. The smallest absolute Gasteiger partial charge is 0.339 e. The molecule has 1 aromatic carbocycles.